The van der Waals surface area contributed by atoms with Crippen molar-refractivity contribution in [1.29, 1.82) is 0 Å². The van der Waals surface area contributed by atoms with Crippen LogP contribution in [0.4, 0.5) is 4.39 Å². The van der Waals surface area contributed by atoms with Crippen molar-refractivity contribution < 1.29 is 18.6 Å². The number of pyridine rings is 1. The van der Waals surface area contributed by atoms with E-state index in [4.69, 9.17) is 14.2 Å². The number of hydrogen-bond donors (Lipinski definition) is 0. The van der Waals surface area contributed by atoms with E-state index in [1.807, 2.05) is 4.57 Å². The molecule has 3 aromatic rings. The Morgan fingerprint density at radius 3 is 2.79 bits per heavy atom. The zero-order valence-corrected chi connectivity index (χ0v) is 15.2. The quantitative estimate of drug-likeness (QED) is 0.640. The summed E-state index contributed by atoms with van der Waals surface area (Å²) in [7, 11) is 0. The van der Waals surface area contributed by atoms with Crippen LogP contribution in [0.2, 0.25) is 0 Å². The molecule has 8 nitrogen and oxygen atoms in total. The summed E-state index contributed by atoms with van der Waals surface area (Å²) in [5.74, 6) is -0.127. The van der Waals surface area contributed by atoms with E-state index in [9.17, 15) is 4.39 Å². The molecule has 1 fully saturated rings. The summed E-state index contributed by atoms with van der Waals surface area (Å²) in [6, 6.07) is 1.62. The fourth-order valence-electron chi connectivity index (χ4n) is 3.52. The third kappa shape index (κ3) is 2.88. The average Bonchev–Trinajstić information content (AvgIpc) is 3.38. The number of imidazole rings is 1. The lowest BCUT2D eigenvalue weighted by Gasteiger charge is -2.23. The van der Waals surface area contributed by atoms with Gasteiger partial charge in [0.15, 0.2) is 5.65 Å². The van der Waals surface area contributed by atoms with Crippen LogP contribution in [0.3, 0.4) is 0 Å². The van der Waals surface area contributed by atoms with E-state index in [2.05, 4.69) is 19.9 Å². The molecule has 0 spiro atoms. The predicted octanol–water partition coefficient (Wildman–Crippen LogP) is 3.55. The van der Waals surface area contributed by atoms with Gasteiger partial charge in [0, 0.05) is 12.8 Å². The van der Waals surface area contributed by atoms with Crippen molar-refractivity contribution in [3.63, 3.8) is 0 Å². The molecular formula is C19H18FN5O3. The van der Waals surface area contributed by atoms with Gasteiger partial charge in [0.25, 0.3) is 6.29 Å². The van der Waals surface area contributed by atoms with E-state index in [1.54, 1.807) is 19.3 Å². The number of halogens is 1. The Labute approximate surface area is 160 Å². The summed E-state index contributed by atoms with van der Waals surface area (Å²) in [5, 5.41) is 0. The fraction of sp³-hybridized carbons (Fsp3) is 0.368. The first-order valence-corrected chi connectivity index (χ1v) is 9.15. The van der Waals surface area contributed by atoms with Crippen molar-refractivity contribution in [3.05, 3.63) is 48.5 Å². The highest BCUT2D eigenvalue weighted by molar-refractivity contribution is 5.87. The molecule has 2 aliphatic rings. The smallest absolute Gasteiger partial charge is 0.267 e. The molecule has 28 heavy (non-hydrogen) atoms. The van der Waals surface area contributed by atoms with Gasteiger partial charge in [-0.15, -0.1) is 0 Å². The van der Waals surface area contributed by atoms with Gasteiger partial charge >= 0.3 is 0 Å². The molecule has 0 saturated carbocycles. The number of hydrogen-bond acceptors (Lipinski definition) is 7. The molecule has 0 aliphatic carbocycles. The second-order valence-electron chi connectivity index (χ2n) is 6.75. The van der Waals surface area contributed by atoms with Crippen LogP contribution in [-0.4, -0.2) is 31.1 Å². The Bertz CT molecular complexity index is 1050. The molecule has 1 saturated heterocycles. The molecule has 144 valence electrons. The highest BCUT2D eigenvalue weighted by Gasteiger charge is 2.24. The molecule has 3 aromatic heterocycles. The van der Waals surface area contributed by atoms with Crippen LogP contribution >= 0.6 is 0 Å². The topological polar surface area (TPSA) is 84.2 Å². The highest BCUT2D eigenvalue weighted by Crippen LogP contribution is 2.33. The van der Waals surface area contributed by atoms with Crippen molar-refractivity contribution in [1.82, 2.24) is 24.5 Å². The van der Waals surface area contributed by atoms with Gasteiger partial charge < -0.3 is 14.2 Å². The molecule has 0 aromatic carbocycles. The van der Waals surface area contributed by atoms with Crippen molar-refractivity contribution in [2.24, 2.45) is 0 Å². The lowest BCUT2D eigenvalue weighted by atomic mass is 10.1. The minimum absolute atomic E-state index is 0.124. The minimum atomic E-state index is -0.654. The molecule has 0 amide bonds. The number of nitrogens with zero attached hydrogens (tertiary/aromatic N) is 5. The van der Waals surface area contributed by atoms with Crippen LogP contribution in [-0.2, 0) is 14.2 Å². The maximum absolute atomic E-state index is 14.6. The van der Waals surface area contributed by atoms with E-state index in [0.717, 1.165) is 19.3 Å². The standard InChI is InChI=1S/C19H18FN5O3/c1-11-23-15(13-8-12(9-21-17(13)20)19-27-6-7-28-19)16-18(24-11)25(10-22-16)14-4-2-3-5-26-14/h6-10,14,19H,2-5H2,1H3. The molecule has 1 unspecified atom stereocenters. The van der Waals surface area contributed by atoms with Crippen LogP contribution in [0.15, 0.2) is 31.1 Å². The van der Waals surface area contributed by atoms with E-state index in [0.29, 0.717) is 34.9 Å². The number of fused-ring (bicyclic) bond motifs is 1. The zero-order valence-electron chi connectivity index (χ0n) is 15.2. The first-order chi connectivity index (χ1) is 13.7. The van der Waals surface area contributed by atoms with Crippen LogP contribution in [0, 0.1) is 12.9 Å². The summed E-state index contributed by atoms with van der Waals surface area (Å²) in [6.45, 7) is 2.47. The summed E-state index contributed by atoms with van der Waals surface area (Å²) >= 11 is 0. The third-order valence-corrected chi connectivity index (χ3v) is 4.85. The van der Waals surface area contributed by atoms with Gasteiger partial charge in [0.05, 0.1) is 17.5 Å². The summed E-state index contributed by atoms with van der Waals surface area (Å²) < 4.78 is 33.1. The second kappa shape index (κ2) is 6.83. The zero-order chi connectivity index (χ0) is 19.1. The predicted molar refractivity (Wildman–Crippen MR) is 96.1 cm³/mol. The van der Waals surface area contributed by atoms with Gasteiger partial charge in [-0.05, 0) is 32.3 Å². The monoisotopic (exact) mass is 383 g/mol. The average molecular weight is 383 g/mol. The molecular weight excluding hydrogens is 365 g/mol. The Hall–Kier alpha value is -3.07. The lowest BCUT2D eigenvalue weighted by Crippen LogP contribution is -2.18. The van der Waals surface area contributed by atoms with Gasteiger partial charge in [0.2, 0.25) is 5.95 Å². The normalized spacial score (nSPS) is 19.7. The van der Waals surface area contributed by atoms with Crippen molar-refractivity contribution in [2.75, 3.05) is 6.61 Å². The second-order valence-corrected chi connectivity index (χ2v) is 6.75. The Kier molecular flexibility index (Phi) is 4.16. The maximum Gasteiger partial charge on any atom is 0.267 e. The SMILES string of the molecule is Cc1nc(-c2cc(C3OC=CO3)cnc2F)c2ncn(C3CCCCO3)c2n1. The molecule has 9 heteroatoms. The Balaban J connectivity index is 1.63. The summed E-state index contributed by atoms with van der Waals surface area (Å²) in [4.78, 5) is 17.3. The lowest BCUT2D eigenvalue weighted by molar-refractivity contribution is -0.0298. The number of ether oxygens (including phenoxy) is 3. The molecule has 0 radical (unpaired) electrons. The largest absolute Gasteiger partial charge is 0.455 e. The van der Waals surface area contributed by atoms with Gasteiger partial charge in [0.1, 0.15) is 35.8 Å². The van der Waals surface area contributed by atoms with E-state index < -0.39 is 12.2 Å². The van der Waals surface area contributed by atoms with Crippen molar-refractivity contribution >= 4 is 11.2 Å². The fourth-order valence-corrected chi connectivity index (χ4v) is 3.52. The van der Waals surface area contributed by atoms with E-state index >= 15 is 0 Å². The Morgan fingerprint density at radius 2 is 2.00 bits per heavy atom. The highest BCUT2D eigenvalue weighted by atomic mass is 19.1. The van der Waals surface area contributed by atoms with E-state index in [-0.39, 0.29) is 11.8 Å². The number of rotatable bonds is 3. The summed E-state index contributed by atoms with van der Waals surface area (Å²) in [6.07, 6.45) is 8.18. The number of aromatic nitrogens is 5. The Morgan fingerprint density at radius 1 is 1.14 bits per heavy atom. The first kappa shape index (κ1) is 17.1. The van der Waals surface area contributed by atoms with Gasteiger partial charge in [-0.3, -0.25) is 4.57 Å². The maximum atomic E-state index is 14.6. The van der Waals surface area contributed by atoms with Gasteiger partial charge in [-0.1, -0.05) is 0 Å². The molecule has 0 bridgehead atoms. The third-order valence-electron chi connectivity index (χ3n) is 4.85. The molecule has 5 rings (SSSR count). The number of aryl methyl sites for hydroxylation is 1. The molecule has 2 aliphatic heterocycles. The van der Waals surface area contributed by atoms with Gasteiger partial charge in [-0.25, -0.2) is 19.9 Å². The van der Waals surface area contributed by atoms with Crippen molar-refractivity contribution in [3.8, 4) is 11.3 Å². The van der Waals surface area contributed by atoms with Gasteiger partial charge in [-0.2, -0.15) is 4.39 Å². The summed E-state index contributed by atoms with van der Waals surface area (Å²) in [5.41, 5.74) is 2.32. The van der Waals surface area contributed by atoms with E-state index in [1.165, 1.54) is 18.7 Å². The van der Waals surface area contributed by atoms with Crippen LogP contribution < -0.4 is 0 Å². The first-order valence-electron chi connectivity index (χ1n) is 9.15. The molecule has 5 heterocycles. The molecule has 1 atom stereocenters. The van der Waals surface area contributed by atoms with Crippen LogP contribution in [0.5, 0.6) is 0 Å². The molecule has 0 N–H and O–H groups in total. The van der Waals surface area contributed by atoms with Crippen LogP contribution in [0.25, 0.3) is 22.4 Å². The van der Waals surface area contributed by atoms with Crippen LogP contribution in [0.1, 0.15) is 43.2 Å². The minimum Gasteiger partial charge on any atom is -0.455 e. The van der Waals surface area contributed by atoms with Crippen molar-refractivity contribution in [2.45, 2.75) is 38.7 Å².